The molecular weight excluding hydrogens is 332 g/mol. The van der Waals surface area contributed by atoms with E-state index in [1.54, 1.807) is 5.56 Å². The Hall–Kier alpha value is -1.83. The molecule has 0 aliphatic heterocycles. The van der Waals surface area contributed by atoms with Crippen molar-refractivity contribution in [2.24, 2.45) is 0 Å². The predicted molar refractivity (Wildman–Crippen MR) is 113 cm³/mol. The molecule has 1 unspecified atom stereocenters. The first-order valence-electron chi connectivity index (χ1n) is 10.3. The molecule has 2 aliphatic carbocycles. The van der Waals surface area contributed by atoms with E-state index in [1.165, 1.54) is 41.2 Å². The quantitative estimate of drug-likeness (QED) is 0.614. The van der Waals surface area contributed by atoms with Crippen LogP contribution >= 0.6 is 0 Å². The average Bonchev–Trinajstić information content (AvgIpc) is 2.99. The van der Waals surface area contributed by atoms with E-state index < -0.39 is 5.97 Å². The van der Waals surface area contributed by atoms with Gasteiger partial charge in [0.25, 0.3) is 0 Å². The molecule has 1 aromatic carbocycles. The monoisotopic (exact) mass is 366 g/mol. The van der Waals surface area contributed by atoms with Gasteiger partial charge in [-0.3, -0.25) is 0 Å². The van der Waals surface area contributed by atoms with E-state index in [1.807, 2.05) is 6.92 Å². The summed E-state index contributed by atoms with van der Waals surface area (Å²) in [6, 6.07) is 4.97. The first-order chi connectivity index (χ1) is 12.5. The molecule has 1 aromatic rings. The number of allylic oxidation sites excluding steroid dienone is 3. The third-order valence-electron chi connectivity index (χ3n) is 6.78. The van der Waals surface area contributed by atoms with Gasteiger partial charge in [-0.1, -0.05) is 51.5 Å². The fraction of sp³-hybridized carbons (Fsp3) is 0.560. The van der Waals surface area contributed by atoms with Gasteiger partial charge < -0.3 is 5.11 Å². The maximum Gasteiger partial charge on any atom is 0.328 e. The second-order valence-electron chi connectivity index (χ2n) is 9.99. The van der Waals surface area contributed by atoms with Crippen LogP contribution in [0.3, 0.4) is 0 Å². The van der Waals surface area contributed by atoms with Gasteiger partial charge in [0.05, 0.1) is 0 Å². The summed E-state index contributed by atoms with van der Waals surface area (Å²) >= 11 is 0. The Balaban J connectivity index is 1.93. The number of hydrogen-bond donors (Lipinski definition) is 1. The number of aliphatic carboxylic acids is 1. The molecule has 0 radical (unpaired) electrons. The number of carbonyl (C=O) groups is 1. The summed E-state index contributed by atoms with van der Waals surface area (Å²) in [4.78, 5) is 10.9. The van der Waals surface area contributed by atoms with Crippen molar-refractivity contribution < 1.29 is 9.90 Å². The predicted octanol–water partition coefficient (Wildman–Crippen LogP) is 6.57. The highest BCUT2D eigenvalue weighted by molar-refractivity contribution is 5.81. The lowest BCUT2D eigenvalue weighted by atomic mass is 9.62. The van der Waals surface area contributed by atoms with Gasteiger partial charge in [0.15, 0.2) is 0 Å². The molecule has 0 spiro atoms. The van der Waals surface area contributed by atoms with E-state index in [0.717, 1.165) is 24.8 Å². The van der Waals surface area contributed by atoms with Crippen molar-refractivity contribution in [2.75, 3.05) is 0 Å². The van der Waals surface area contributed by atoms with Crippen molar-refractivity contribution in [3.8, 4) is 0 Å². The number of carboxylic acids is 1. The molecule has 0 saturated heterocycles. The van der Waals surface area contributed by atoms with Gasteiger partial charge in [-0.2, -0.15) is 0 Å². The van der Waals surface area contributed by atoms with Crippen LogP contribution in [0.1, 0.15) is 94.9 Å². The third kappa shape index (κ3) is 4.05. The highest BCUT2D eigenvalue weighted by atomic mass is 16.4. The molecule has 0 heterocycles. The second kappa shape index (κ2) is 6.96. The molecule has 2 nitrogen and oxygen atoms in total. The lowest BCUT2D eigenvalue weighted by molar-refractivity contribution is -0.131. The molecule has 2 aliphatic rings. The maximum absolute atomic E-state index is 10.9. The molecule has 2 heteroatoms. The number of carboxylic acid groups (broad SMARTS) is 1. The fourth-order valence-corrected chi connectivity index (χ4v) is 5.01. The normalized spacial score (nSPS) is 25.5. The summed E-state index contributed by atoms with van der Waals surface area (Å²) in [6.07, 6.45) is 9.15. The van der Waals surface area contributed by atoms with Crippen molar-refractivity contribution in [3.05, 3.63) is 57.7 Å². The summed E-state index contributed by atoms with van der Waals surface area (Å²) < 4.78 is 0. The Morgan fingerprint density at radius 3 is 2.30 bits per heavy atom. The summed E-state index contributed by atoms with van der Waals surface area (Å²) in [7, 11) is 0. The van der Waals surface area contributed by atoms with E-state index in [4.69, 9.17) is 5.11 Å². The first kappa shape index (κ1) is 19.9. The van der Waals surface area contributed by atoms with Gasteiger partial charge in [0, 0.05) is 6.08 Å². The van der Waals surface area contributed by atoms with Gasteiger partial charge in [0.1, 0.15) is 0 Å². The lowest BCUT2D eigenvalue weighted by Gasteiger charge is -2.42. The Morgan fingerprint density at radius 1 is 1.11 bits per heavy atom. The molecule has 3 rings (SSSR count). The number of hydrogen-bond acceptors (Lipinski definition) is 1. The summed E-state index contributed by atoms with van der Waals surface area (Å²) in [5, 5.41) is 8.92. The van der Waals surface area contributed by atoms with Crippen LogP contribution in [0.5, 0.6) is 0 Å². The molecule has 1 saturated carbocycles. The standard InChI is InChI=1S/C25H34O2/c1-16(12-23(26)27)11-18-7-8-19(14-18)20-15-22-21(13-17(20)2)24(3,4)9-10-25(22,5)6/h11-13,15,19H,7-10,14H2,1-6H3,(H,26,27). The fourth-order valence-electron chi connectivity index (χ4n) is 5.01. The first-order valence-corrected chi connectivity index (χ1v) is 10.3. The molecule has 27 heavy (non-hydrogen) atoms. The highest BCUT2D eigenvalue weighted by Crippen LogP contribution is 2.48. The Morgan fingerprint density at radius 2 is 1.70 bits per heavy atom. The van der Waals surface area contributed by atoms with E-state index in [0.29, 0.717) is 5.92 Å². The van der Waals surface area contributed by atoms with E-state index in [-0.39, 0.29) is 10.8 Å². The van der Waals surface area contributed by atoms with Crippen LogP contribution in [0.4, 0.5) is 0 Å². The summed E-state index contributed by atoms with van der Waals surface area (Å²) in [5.74, 6) is -0.311. The minimum absolute atomic E-state index is 0.241. The van der Waals surface area contributed by atoms with Crippen LogP contribution in [0, 0.1) is 6.92 Å². The van der Waals surface area contributed by atoms with Gasteiger partial charge in [-0.05, 0) is 90.5 Å². The molecule has 1 fully saturated rings. The molecule has 1 N–H and O–H groups in total. The van der Waals surface area contributed by atoms with Crippen molar-refractivity contribution in [1.29, 1.82) is 0 Å². The van der Waals surface area contributed by atoms with Crippen LogP contribution in [0.15, 0.2) is 35.4 Å². The third-order valence-corrected chi connectivity index (χ3v) is 6.78. The van der Waals surface area contributed by atoms with Gasteiger partial charge in [-0.15, -0.1) is 0 Å². The molecule has 0 bridgehead atoms. The van der Waals surface area contributed by atoms with Crippen LogP contribution in [-0.2, 0) is 15.6 Å². The minimum Gasteiger partial charge on any atom is -0.478 e. The zero-order valence-electron chi connectivity index (χ0n) is 17.8. The highest BCUT2D eigenvalue weighted by Gasteiger charge is 2.38. The van der Waals surface area contributed by atoms with Crippen LogP contribution < -0.4 is 0 Å². The lowest BCUT2D eigenvalue weighted by Crippen LogP contribution is -2.34. The zero-order chi connectivity index (χ0) is 20.0. The van der Waals surface area contributed by atoms with Crippen LogP contribution in [0.25, 0.3) is 0 Å². The van der Waals surface area contributed by atoms with E-state index in [9.17, 15) is 4.79 Å². The zero-order valence-corrected chi connectivity index (χ0v) is 17.8. The van der Waals surface area contributed by atoms with Gasteiger partial charge >= 0.3 is 5.97 Å². The minimum atomic E-state index is -0.866. The summed E-state index contributed by atoms with van der Waals surface area (Å²) in [5.41, 5.74) is 8.72. The smallest absolute Gasteiger partial charge is 0.328 e. The van der Waals surface area contributed by atoms with Gasteiger partial charge in [-0.25, -0.2) is 4.79 Å². The maximum atomic E-state index is 10.9. The van der Waals surface area contributed by atoms with Crippen molar-refractivity contribution in [2.45, 2.75) is 90.4 Å². The van der Waals surface area contributed by atoms with Crippen LogP contribution in [0.2, 0.25) is 0 Å². The van der Waals surface area contributed by atoms with E-state index in [2.05, 4.69) is 52.8 Å². The molecular formula is C25H34O2. The Kier molecular flexibility index (Phi) is 5.14. The molecule has 1 atom stereocenters. The molecule has 146 valence electrons. The summed E-state index contributed by atoms with van der Waals surface area (Å²) in [6.45, 7) is 13.7. The second-order valence-corrected chi connectivity index (χ2v) is 9.99. The SMILES string of the molecule is CC(=CC(=O)O)C=C1CCC(c2cc3c(cc2C)C(C)(C)CCC3(C)C)C1. The molecule has 0 aromatic heterocycles. The van der Waals surface area contributed by atoms with E-state index >= 15 is 0 Å². The Labute approximate surface area is 164 Å². The topological polar surface area (TPSA) is 37.3 Å². The average molecular weight is 367 g/mol. The van der Waals surface area contributed by atoms with Crippen LogP contribution in [-0.4, -0.2) is 11.1 Å². The number of benzene rings is 1. The molecule has 0 amide bonds. The largest absolute Gasteiger partial charge is 0.478 e. The number of rotatable bonds is 3. The van der Waals surface area contributed by atoms with Crippen molar-refractivity contribution >= 4 is 5.97 Å². The van der Waals surface area contributed by atoms with Crippen molar-refractivity contribution in [3.63, 3.8) is 0 Å². The number of fused-ring (bicyclic) bond motifs is 1. The van der Waals surface area contributed by atoms with Crippen molar-refractivity contribution in [1.82, 2.24) is 0 Å². The Bertz CT molecular complexity index is 821. The number of aryl methyl sites for hydroxylation is 1. The van der Waals surface area contributed by atoms with Gasteiger partial charge in [0.2, 0.25) is 0 Å².